The van der Waals surface area contributed by atoms with Crippen molar-refractivity contribution in [1.82, 2.24) is 0 Å². The standard InChI is InChI=1S/C45H28O/c46-42-24-12-16-31-28-41(34-17-5-2-6-18-35(34)44(31)42)45-38-21-9-7-19-36(38)43(37-20-8-10-22-39(37)45)32-26-25-30-15-11-23-33(40(30)27-32)29-13-3-1-4-14-29/h1,3-5,7-17,19-28,46H,2H2. The van der Waals surface area contributed by atoms with Gasteiger partial charge in [-0.15, -0.1) is 0 Å². The van der Waals surface area contributed by atoms with Gasteiger partial charge in [0.2, 0.25) is 0 Å². The number of benzene rings is 8. The van der Waals surface area contributed by atoms with E-state index >= 15 is 0 Å². The maximum absolute atomic E-state index is 11.0. The highest BCUT2D eigenvalue weighted by Crippen LogP contribution is 2.47. The van der Waals surface area contributed by atoms with Gasteiger partial charge in [0.25, 0.3) is 0 Å². The number of allylic oxidation sites excluding steroid dienone is 1. The zero-order valence-electron chi connectivity index (χ0n) is 25.1. The number of fused-ring (bicyclic) bond motifs is 6. The molecule has 0 radical (unpaired) electrons. The minimum absolute atomic E-state index is 0.265. The molecule has 1 aliphatic carbocycles. The molecular weight excluding hydrogens is 556 g/mol. The van der Waals surface area contributed by atoms with Gasteiger partial charge in [0, 0.05) is 17.4 Å². The van der Waals surface area contributed by atoms with Crippen LogP contribution in [0.3, 0.4) is 0 Å². The lowest BCUT2D eigenvalue weighted by atomic mass is 9.82. The first-order valence-corrected chi connectivity index (χ1v) is 15.7. The summed E-state index contributed by atoms with van der Waals surface area (Å²) in [5.74, 6) is 6.97. The van der Waals surface area contributed by atoms with Crippen molar-refractivity contribution < 1.29 is 5.11 Å². The molecule has 0 unspecified atom stereocenters. The van der Waals surface area contributed by atoms with Gasteiger partial charge in [0.05, 0.1) is 0 Å². The summed E-state index contributed by atoms with van der Waals surface area (Å²) >= 11 is 0. The van der Waals surface area contributed by atoms with Crippen LogP contribution in [0.25, 0.3) is 82.5 Å². The van der Waals surface area contributed by atoms with Gasteiger partial charge < -0.3 is 5.11 Å². The average molecular weight is 585 g/mol. The molecule has 214 valence electrons. The van der Waals surface area contributed by atoms with Gasteiger partial charge in [-0.25, -0.2) is 0 Å². The SMILES string of the molecule is Oc1cccc2cc(-c3c4ccccc4c(-c4ccc5cccc(-c6ccccc6)c5c4)c4ccccc34)c3c(c12)C#CCC=C3. The molecule has 8 aromatic carbocycles. The van der Waals surface area contributed by atoms with Crippen LogP contribution in [0.4, 0.5) is 0 Å². The monoisotopic (exact) mass is 584 g/mol. The van der Waals surface area contributed by atoms with Crippen LogP contribution in [0.15, 0.2) is 146 Å². The van der Waals surface area contributed by atoms with Gasteiger partial charge in [0.1, 0.15) is 5.75 Å². The topological polar surface area (TPSA) is 20.2 Å². The lowest BCUT2D eigenvalue weighted by Crippen LogP contribution is -1.95. The Labute approximate surface area is 267 Å². The van der Waals surface area contributed by atoms with Crippen LogP contribution in [0.2, 0.25) is 0 Å². The summed E-state index contributed by atoms with van der Waals surface area (Å²) < 4.78 is 0. The van der Waals surface area contributed by atoms with E-state index in [1.807, 2.05) is 6.07 Å². The van der Waals surface area contributed by atoms with E-state index in [0.717, 1.165) is 27.5 Å². The van der Waals surface area contributed by atoms with Crippen molar-refractivity contribution in [1.29, 1.82) is 0 Å². The first kappa shape index (κ1) is 26.3. The molecule has 1 nitrogen and oxygen atoms in total. The van der Waals surface area contributed by atoms with Gasteiger partial charge in [-0.3, -0.25) is 0 Å². The molecule has 1 N–H and O–H groups in total. The molecule has 0 heterocycles. The number of hydrogen-bond donors (Lipinski definition) is 1. The first-order chi connectivity index (χ1) is 22.8. The third-order valence-corrected chi connectivity index (χ3v) is 9.36. The number of phenolic OH excluding ortho intramolecular Hbond substituents is 1. The smallest absolute Gasteiger partial charge is 0.124 e. The summed E-state index contributed by atoms with van der Waals surface area (Å²) in [6.45, 7) is 0. The van der Waals surface area contributed by atoms with Crippen LogP contribution in [0, 0.1) is 11.8 Å². The zero-order chi connectivity index (χ0) is 30.6. The van der Waals surface area contributed by atoms with Crippen LogP contribution in [-0.4, -0.2) is 5.11 Å². The lowest BCUT2D eigenvalue weighted by Gasteiger charge is -2.21. The normalized spacial score (nSPS) is 12.3. The molecule has 0 amide bonds. The second-order valence-corrected chi connectivity index (χ2v) is 11.9. The second kappa shape index (κ2) is 10.5. The highest BCUT2D eigenvalue weighted by Gasteiger charge is 2.21. The molecule has 9 rings (SSSR count). The number of rotatable bonds is 3. The molecule has 0 atom stereocenters. The van der Waals surface area contributed by atoms with Gasteiger partial charge in [-0.2, -0.15) is 0 Å². The summed E-state index contributed by atoms with van der Waals surface area (Å²) in [5, 5.41) is 20.0. The maximum Gasteiger partial charge on any atom is 0.124 e. The Kier molecular flexibility index (Phi) is 6.01. The summed E-state index contributed by atoms with van der Waals surface area (Å²) in [5.41, 5.74) is 9.15. The fourth-order valence-electron chi connectivity index (χ4n) is 7.36. The van der Waals surface area contributed by atoms with E-state index in [4.69, 9.17) is 0 Å². The summed E-state index contributed by atoms with van der Waals surface area (Å²) in [6, 6.07) is 49.7. The molecular formula is C45H28O. The highest BCUT2D eigenvalue weighted by atomic mass is 16.3. The minimum atomic E-state index is 0.265. The van der Waals surface area contributed by atoms with Gasteiger partial charge in [-0.05, 0) is 94.8 Å². The zero-order valence-corrected chi connectivity index (χ0v) is 25.1. The average Bonchev–Trinajstić information content (AvgIpc) is 3.37. The molecule has 46 heavy (non-hydrogen) atoms. The Balaban J connectivity index is 1.39. The predicted octanol–water partition coefficient (Wildman–Crippen LogP) is 11.8. The Morgan fingerprint density at radius 3 is 1.93 bits per heavy atom. The molecule has 0 saturated heterocycles. The fourth-order valence-corrected chi connectivity index (χ4v) is 7.36. The first-order valence-electron chi connectivity index (χ1n) is 15.7. The van der Waals surface area contributed by atoms with Gasteiger partial charge in [-0.1, -0.05) is 145 Å². The Morgan fingerprint density at radius 1 is 0.500 bits per heavy atom. The largest absolute Gasteiger partial charge is 0.507 e. The van der Waals surface area contributed by atoms with E-state index in [1.165, 1.54) is 60.1 Å². The highest BCUT2D eigenvalue weighted by molar-refractivity contribution is 6.23. The second-order valence-electron chi connectivity index (χ2n) is 11.9. The Bertz CT molecular complexity index is 2560. The summed E-state index contributed by atoms with van der Waals surface area (Å²) in [4.78, 5) is 0. The van der Waals surface area contributed by atoms with Crippen LogP contribution in [-0.2, 0) is 0 Å². The molecule has 0 saturated carbocycles. The van der Waals surface area contributed by atoms with E-state index in [9.17, 15) is 5.11 Å². The molecule has 1 aliphatic rings. The van der Waals surface area contributed by atoms with Crippen molar-refractivity contribution in [2.75, 3.05) is 0 Å². The molecule has 1 heteroatoms. The van der Waals surface area contributed by atoms with Crippen LogP contribution in [0.5, 0.6) is 5.75 Å². The molecule has 0 fully saturated rings. The van der Waals surface area contributed by atoms with Crippen molar-refractivity contribution >= 4 is 49.2 Å². The molecule has 0 aromatic heterocycles. The van der Waals surface area contributed by atoms with Gasteiger partial charge in [0.15, 0.2) is 0 Å². The van der Waals surface area contributed by atoms with Crippen LogP contribution in [0.1, 0.15) is 17.5 Å². The summed E-state index contributed by atoms with van der Waals surface area (Å²) in [7, 11) is 0. The van der Waals surface area contributed by atoms with Crippen LogP contribution < -0.4 is 0 Å². The van der Waals surface area contributed by atoms with Gasteiger partial charge >= 0.3 is 0 Å². The van der Waals surface area contributed by atoms with Crippen molar-refractivity contribution in [2.45, 2.75) is 6.42 Å². The maximum atomic E-state index is 11.0. The molecule has 8 aromatic rings. The molecule has 0 spiro atoms. The molecule has 0 aliphatic heterocycles. The van der Waals surface area contributed by atoms with Crippen molar-refractivity contribution in [3.8, 4) is 51.0 Å². The third-order valence-electron chi connectivity index (χ3n) is 9.36. The Morgan fingerprint density at radius 2 is 1.17 bits per heavy atom. The van der Waals surface area contributed by atoms with E-state index in [1.54, 1.807) is 6.07 Å². The molecule has 0 bridgehead atoms. The number of phenols is 1. The van der Waals surface area contributed by atoms with Crippen molar-refractivity contribution in [3.63, 3.8) is 0 Å². The third kappa shape index (κ3) is 4.05. The van der Waals surface area contributed by atoms with Crippen molar-refractivity contribution in [3.05, 3.63) is 157 Å². The fraction of sp³-hybridized carbons (Fsp3) is 0.0222. The quantitative estimate of drug-likeness (QED) is 0.162. The van der Waals surface area contributed by atoms with E-state index in [2.05, 4.69) is 151 Å². The van der Waals surface area contributed by atoms with E-state index < -0.39 is 0 Å². The predicted molar refractivity (Wildman–Crippen MR) is 195 cm³/mol. The van der Waals surface area contributed by atoms with E-state index in [0.29, 0.717) is 6.42 Å². The minimum Gasteiger partial charge on any atom is -0.507 e. The number of aromatic hydroxyl groups is 1. The van der Waals surface area contributed by atoms with Crippen molar-refractivity contribution in [2.24, 2.45) is 0 Å². The van der Waals surface area contributed by atoms with Crippen LogP contribution >= 0.6 is 0 Å². The summed E-state index contributed by atoms with van der Waals surface area (Å²) in [6.07, 6.45) is 4.98. The Hall–Kier alpha value is -6.10. The number of hydrogen-bond acceptors (Lipinski definition) is 1. The lowest BCUT2D eigenvalue weighted by molar-refractivity contribution is 0.481. The van der Waals surface area contributed by atoms with E-state index in [-0.39, 0.29) is 5.75 Å².